The second-order valence-corrected chi connectivity index (χ2v) is 7.24. The largest absolute Gasteiger partial charge is 0.488 e. The number of benzene rings is 1. The van der Waals surface area contributed by atoms with Gasteiger partial charge < -0.3 is 15.2 Å². The first kappa shape index (κ1) is 17.2. The van der Waals surface area contributed by atoms with Gasteiger partial charge in [-0.05, 0) is 37.7 Å². The van der Waals surface area contributed by atoms with Gasteiger partial charge in [0.05, 0.1) is 10.0 Å². The standard InChI is InChI=1S/C15H21Cl2NO2S/c1-21-12-6-5-10(7-12)18-8-11(19)9-20-15-13(16)3-2-4-14(15)17/h2-4,10-12,18-19H,5-9H2,1H3. The van der Waals surface area contributed by atoms with E-state index in [1.165, 1.54) is 19.3 Å². The monoisotopic (exact) mass is 349 g/mol. The van der Waals surface area contributed by atoms with E-state index in [1.807, 2.05) is 11.8 Å². The molecule has 1 aliphatic carbocycles. The van der Waals surface area contributed by atoms with Gasteiger partial charge in [0.1, 0.15) is 12.7 Å². The van der Waals surface area contributed by atoms with Crippen molar-refractivity contribution in [3.63, 3.8) is 0 Å². The molecule has 21 heavy (non-hydrogen) atoms. The summed E-state index contributed by atoms with van der Waals surface area (Å²) in [4.78, 5) is 0. The summed E-state index contributed by atoms with van der Waals surface area (Å²) in [5.41, 5.74) is 0. The third kappa shape index (κ3) is 5.22. The second kappa shape index (κ2) is 8.49. The Morgan fingerprint density at radius 1 is 1.38 bits per heavy atom. The molecule has 0 spiro atoms. The van der Waals surface area contributed by atoms with Gasteiger partial charge in [0.2, 0.25) is 0 Å². The molecule has 0 radical (unpaired) electrons. The van der Waals surface area contributed by atoms with Gasteiger partial charge in [-0.3, -0.25) is 0 Å². The SMILES string of the molecule is CSC1CCC(NCC(O)COc2c(Cl)cccc2Cl)C1. The highest BCUT2D eigenvalue weighted by molar-refractivity contribution is 7.99. The molecule has 0 heterocycles. The van der Waals surface area contributed by atoms with E-state index in [1.54, 1.807) is 18.2 Å². The van der Waals surface area contributed by atoms with Crippen molar-refractivity contribution < 1.29 is 9.84 Å². The number of thioether (sulfide) groups is 1. The molecule has 2 N–H and O–H groups in total. The summed E-state index contributed by atoms with van der Waals surface area (Å²) in [6.07, 6.45) is 5.18. The first-order chi connectivity index (χ1) is 10.1. The number of hydrogen-bond acceptors (Lipinski definition) is 4. The molecule has 1 saturated carbocycles. The van der Waals surface area contributed by atoms with Crippen molar-refractivity contribution in [2.24, 2.45) is 0 Å². The topological polar surface area (TPSA) is 41.5 Å². The fourth-order valence-electron chi connectivity index (χ4n) is 2.50. The Balaban J connectivity index is 1.71. The molecule has 1 aromatic carbocycles. The Bertz CT molecular complexity index is 441. The minimum Gasteiger partial charge on any atom is -0.488 e. The van der Waals surface area contributed by atoms with Crippen LogP contribution in [0.4, 0.5) is 0 Å². The predicted octanol–water partition coefficient (Wildman–Crippen LogP) is 3.61. The van der Waals surface area contributed by atoms with Gasteiger partial charge in [0.25, 0.3) is 0 Å². The highest BCUT2D eigenvalue weighted by Crippen LogP contribution is 2.32. The van der Waals surface area contributed by atoms with Crippen LogP contribution in [0.2, 0.25) is 10.0 Å². The molecule has 0 bridgehead atoms. The van der Waals surface area contributed by atoms with Crippen LogP contribution >= 0.6 is 35.0 Å². The lowest BCUT2D eigenvalue weighted by molar-refractivity contribution is 0.104. The Morgan fingerprint density at radius 3 is 2.71 bits per heavy atom. The molecule has 3 atom stereocenters. The van der Waals surface area contributed by atoms with Crippen molar-refractivity contribution in [2.45, 2.75) is 36.7 Å². The lowest BCUT2D eigenvalue weighted by Gasteiger charge is -2.18. The fraction of sp³-hybridized carbons (Fsp3) is 0.600. The van der Waals surface area contributed by atoms with Gasteiger partial charge >= 0.3 is 0 Å². The number of para-hydroxylation sites is 1. The Hall–Kier alpha value is -0.130. The third-order valence-electron chi connectivity index (χ3n) is 3.70. The number of aliphatic hydroxyl groups is 1. The lowest BCUT2D eigenvalue weighted by Crippen LogP contribution is -2.37. The quantitative estimate of drug-likeness (QED) is 0.788. The van der Waals surface area contributed by atoms with Crippen molar-refractivity contribution >= 4 is 35.0 Å². The zero-order valence-electron chi connectivity index (χ0n) is 12.0. The van der Waals surface area contributed by atoms with Crippen LogP contribution < -0.4 is 10.1 Å². The van der Waals surface area contributed by atoms with Crippen molar-refractivity contribution in [2.75, 3.05) is 19.4 Å². The van der Waals surface area contributed by atoms with Crippen LogP contribution in [-0.2, 0) is 0 Å². The number of nitrogens with one attached hydrogen (secondary N) is 1. The van der Waals surface area contributed by atoms with E-state index in [2.05, 4.69) is 11.6 Å². The summed E-state index contributed by atoms with van der Waals surface area (Å²) in [5.74, 6) is 0.434. The molecular formula is C15H21Cl2NO2S. The smallest absolute Gasteiger partial charge is 0.156 e. The van der Waals surface area contributed by atoms with Gasteiger partial charge in [-0.15, -0.1) is 0 Å². The Kier molecular flexibility index (Phi) is 6.96. The molecule has 3 unspecified atom stereocenters. The van der Waals surface area contributed by atoms with E-state index in [0.717, 1.165) is 5.25 Å². The van der Waals surface area contributed by atoms with Crippen LogP contribution in [0.3, 0.4) is 0 Å². The molecule has 2 rings (SSSR count). The number of aliphatic hydroxyl groups excluding tert-OH is 1. The third-order valence-corrected chi connectivity index (χ3v) is 5.39. The Morgan fingerprint density at radius 2 is 2.10 bits per heavy atom. The molecule has 0 saturated heterocycles. The summed E-state index contributed by atoms with van der Waals surface area (Å²) < 4.78 is 5.53. The van der Waals surface area contributed by atoms with Crippen molar-refractivity contribution in [3.05, 3.63) is 28.2 Å². The molecule has 0 aromatic heterocycles. The van der Waals surface area contributed by atoms with E-state index in [-0.39, 0.29) is 6.61 Å². The van der Waals surface area contributed by atoms with Gasteiger partial charge in [-0.1, -0.05) is 29.3 Å². The van der Waals surface area contributed by atoms with E-state index < -0.39 is 6.10 Å². The zero-order valence-corrected chi connectivity index (χ0v) is 14.3. The summed E-state index contributed by atoms with van der Waals surface area (Å²) >= 11 is 14.0. The van der Waals surface area contributed by atoms with E-state index in [9.17, 15) is 5.11 Å². The maximum atomic E-state index is 10.00. The summed E-state index contributed by atoms with van der Waals surface area (Å²) in [7, 11) is 0. The van der Waals surface area contributed by atoms with Crippen molar-refractivity contribution in [1.82, 2.24) is 5.32 Å². The normalized spacial score (nSPS) is 23.2. The highest BCUT2D eigenvalue weighted by Gasteiger charge is 2.24. The van der Waals surface area contributed by atoms with Crippen molar-refractivity contribution in [3.8, 4) is 5.75 Å². The lowest BCUT2D eigenvalue weighted by atomic mass is 10.2. The van der Waals surface area contributed by atoms with Crippen LogP contribution in [0.5, 0.6) is 5.75 Å². The minimum absolute atomic E-state index is 0.176. The molecule has 0 aliphatic heterocycles. The molecule has 1 fully saturated rings. The molecule has 1 aliphatic rings. The average Bonchev–Trinajstić information content (AvgIpc) is 2.92. The van der Waals surface area contributed by atoms with Crippen LogP contribution in [0.15, 0.2) is 18.2 Å². The van der Waals surface area contributed by atoms with Gasteiger partial charge in [0, 0.05) is 17.8 Å². The second-order valence-electron chi connectivity index (χ2n) is 5.29. The van der Waals surface area contributed by atoms with Crippen LogP contribution in [-0.4, -0.2) is 41.9 Å². The first-order valence-corrected chi connectivity index (χ1v) is 9.15. The van der Waals surface area contributed by atoms with E-state index in [4.69, 9.17) is 27.9 Å². The Labute approximate surface area is 140 Å². The first-order valence-electron chi connectivity index (χ1n) is 7.11. The average molecular weight is 350 g/mol. The molecule has 6 heteroatoms. The summed E-state index contributed by atoms with van der Waals surface area (Å²) in [6.45, 7) is 0.697. The summed E-state index contributed by atoms with van der Waals surface area (Å²) in [6, 6.07) is 5.70. The molecule has 1 aromatic rings. The van der Waals surface area contributed by atoms with E-state index in [0.29, 0.717) is 28.4 Å². The van der Waals surface area contributed by atoms with Crippen LogP contribution in [0.1, 0.15) is 19.3 Å². The van der Waals surface area contributed by atoms with Crippen molar-refractivity contribution in [1.29, 1.82) is 0 Å². The number of halogens is 2. The fourth-order valence-corrected chi connectivity index (χ4v) is 3.80. The molecule has 0 amide bonds. The van der Waals surface area contributed by atoms with E-state index >= 15 is 0 Å². The predicted molar refractivity (Wildman–Crippen MR) is 90.9 cm³/mol. The maximum Gasteiger partial charge on any atom is 0.156 e. The van der Waals surface area contributed by atoms with Gasteiger partial charge in [-0.2, -0.15) is 11.8 Å². The minimum atomic E-state index is -0.578. The molecule has 118 valence electrons. The maximum absolute atomic E-state index is 10.00. The van der Waals surface area contributed by atoms with Crippen LogP contribution in [0.25, 0.3) is 0 Å². The highest BCUT2D eigenvalue weighted by atomic mass is 35.5. The molecular weight excluding hydrogens is 329 g/mol. The van der Waals surface area contributed by atoms with Crippen LogP contribution in [0, 0.1) is 0 Å². The zero-order chi connectivity index (χ0) is 15.2. The molecule has 3 nitrogen and oxygen atoms in total. The summed E-state index contributed by atoms with van der Waals surface area (Å²) in [5, 5.41) is 15.1. The number of rotatable bonds is 7. The number of ether oxygens (including phenoxy) is 1. The van der Waals surface area contributed by atoms with Gasteiger partial charge in [0.15, 0.2) is 5.75 Å². The number of hydrogen-bond donors (Lipinski definition) is 2. The van der Waals surface area contributed by atoms with Gasteiger partial charge in [-0.25, -0.2) is 0 Å².